The van der Waals surface area contributed by atoms with Gasteiger partial charge in [-0.05, 0) is 37.1 Å². The van der Waals surface area contributed by atoms with Crippen LogP contribution in [0.1, 0.15) is 19.8 Å². The van der Waals surface area contributed by atoms with E-state index in [9.17, 15) is 9.59 Å². The minimum Gasteiger partial charge on any atom is -0.330 e. The maximum absolute atomic E-state index is 12.0. The summed E-state index contributed by atoms with van der Waals surface area (Å²) in [5, 5.41) is 8.15. The minimum atomic E-state index is -0.170. The molecule has 0 radical (unpaired) electrons. The van der Waals surface area contributed by atoms with Crippen LogP contribution in [0.3, 0.4) is 0 Å². The molecule has 6 nitrogen and oxygen atoms in total. The van der Waals surface area contributed by atoms with Crippen molar-refractivity contribution in [3.05, 3.63) is 40.7 Å². The molecule has 1 heterocycles. The first-order valence-electron chi connectivity index (χ1n) is 6.99. The molecule has 0 fully saturated rings. The zero-order chi connectivity index (χ0) is 15.2. The molecule has 0 saturated heterocycles. The Morgan fingerprint density at radius 2 is 2.00 bits per heavy atom. The normalized spacial score (nSPS) is 12.1. The summed E-state index contributed by atoms with van der Waals surface area (Å²) < 4.78 is 0. The van der Waals surface area contributed by atoms with Crippen molar-refractivity contribution in [1.82, 2.24) is 10.2 Å². The average Bonchev–Trinajstić information content (AvgIpc) is 2.92. The summed E-state index contributed by atoms with van der Waals surface area (Å²) in [6.07, 6.45) is 1.62. The Hall–Kier alpha value is -2.34. The number of hydrogen-bond acceptors (Lipinski definition) is 3. The number of hydrogen-bond donors (Lipinski definition) is 4. The lowest BCUT2D eigenvalue weighted by Crippen LogP contribution is -2.21. The number of amides is 1. The molecule has 6 heteroatoms. The number of carbonyl (C=O) groups is 1. The maximum Gasteiger partial charge on any atom is 0.264 e. The van der Waals surface area contributed by atoms with Gasteiger partial charge in [0.1, 0.15) is 0 Å². The summed E-state index contributed by atoms with van der Waals surface area (Å²) in [5.41, 5.74) is 7.60. The molecule has 0 saturated carbocycles. The van der Waals surface area contributed by atoms with Crippen molar-refractivity contribution >= 4 is 11.6 Å². The number of aromatic nitrogens is 2. The monoisotopic (exact) mass is 288 g/mol. The van der Waals surface area contributed by atoms with E-state index >= 15 is 0 Å². The molecule has 112 valence electrons. The first kappa shape index (κ1) is 15.1. The number of carbonyl (C=O) groups excluding carboxylic acids is 1. The molecule has 2 rings (SSSR count). The average molecular weight is 288 g/mol. The number of rotatable bonds is 6. The van der Waals surface area contributed by atoms with Gasteiger partial charge >= 0.3 is 0 Å². The predicted octanol–water partition coefficient (Wildman–Crippen LogP) is 1.68. The van der Waals surface area contributed by atoms with Crippen LogP contribution in [0.25, 0.3) is 11.3 Å². The smallest absolute Gasteiger partial charge is 0.264 e. The van der Waals surface area contributed by atoms with Crippen LogP contribution in [-0.2, 0) is 4.79 Å². The number of benzene rings is 1. The van der Waals surface area contributed by atoms with Crippen molar-refractivity contribution in [2.24, 2.45) is 11.7 Å². The summed E-state index contributed by atoms with van der Waals surface area (Å²) in [6.45, 7) is 2.49. The molecule has 0 bridgehead atoms. The van der Waals surface area contributed by atoms with Crippen LogP contribution in [0, 0.1) is 5.92 Å². The van der Waals surface area contributed by atoms with Crippen LogP contribution < -0.4 is 16.6 Å². The molecule has 5 N–H and O–H groups in total. The second-order valence-corrected chi connectivity index (χ2v) is 5.07. The van der Waals surface area contributed by atoms with Gasteiger partial charge in [0.05, 0.1) is 5.69 Å². The van der Waals surface area contributed by atoms with E-state index in [-0.39, 0.29) is 17.4 Å². The third-order valence-electron chi connectivity index (χ3n) is 3.35. The van der Waals surface area contributed by atoms with Crippen LogP contribution >= 0.6 is 0 Å². The summed E-state index contributed by atoms with van der Waals surface area (Å²) >= 11 is 0. The third kappa shape index (κ3) is 4.06. The summed E-state index contributed by atoms with van der Waals surface area (Å²) in [4.78, 5) is 23.1. The third-order valence-corrected chi connectivity index (χ3v) is 3.35. The lowest BCUT2D eigenvalue weighted by Gasteiger charge is -2.11. The fourth-order valence-corrected chi connectivity index (χ4v) is 2.04. The molecule has 1 unspecified atom stereocenters. The first-order chi connectivity index (χ1) is 10.1. The molecule has 0 aliphatic carbocycles. The Labute approximate surface area is 122 Å². The molecule has 1 atom stereocenters. The van der Waals surface area contributed by atoms with Gasteiger partial charge in [-0.15, -0.1) is 0 Å². The highest BCUT2D eigenvalue weighted by Crippen LogP contribution is 2.19. The van der Waals surface area contributed by atoms with Gasteiger partial charge in [0, 0.05) is 17.7 Å². The molecule has 0 aliphatic rings. The topological polar surface area (TPSA) is 104 Å². The molecule has 2 aromatic rings. The van der Waals surface area contributed by atoms with E-state index in [1.54, 1.807) is 0 Å². The molecule has 1 amide bonds. The molecule has 1 aromatic carbocycles. The van der Waals surface area contributed by atoms with E-state index in [1.165, 1.54) is 6.07 Å². The Morgan fingerprint density at radius 3 is 2.57 bits per heavy atom. The number of H-pyrrole nitrogens is 2. The summed E-state index contributed by atoms with van der Waals surface area (Å²) in [5.74, 6) is -0.0690. The van der Waals surface area contributed by atoms with Crippen LogP contribution in [-0.4, -0.2) is 22.6 Å². The molecule has 0 aliphatic heterocycles. The van der Waals surface area contributed by atoms with E-state index in [1.807, 2.05) is 31.2 Å². The number of aromatic amines is 2. The largest absolute Gasteiger partial charge is 0.330 e. The zero-order valence-electron chi connectivity index (χ0n) is 12.0. The van der Waals surface area contributed by atoms with Gasteiger partial charge in [0.25, 0.3) is 5.56 Å². The van der Waals surface area contributed by atoms with Crippen molar-refractivity contribution in [1.29, 1.82) is 0 Å². The Kier molecular flexibility index (Phi) is 4.94. The van der Waals surface area contributed by atoms with Crippen molar-refractivity contribution < 1.29 is 4.79 Å². The van der Waals surface area contributed by atoms with Gasteiger partial charge in [-0.1, -0.05) is 19.1 Å². The second kappa shape index (κ2) is 6.90. The van der Waals surface area contributed by atoms with Crippen molar-refractivity contribution in [3.63, 3.8) is 0 Å². The maximum atomic E-state index is 12.0. The van der Waals surface area contributed by atoms with Gasteiger partial charge in [0.15, 0.2) is 0 Å². The summed E-state index contributed by atoms with van der Waals surface area (Å²) in [6, 6.07) is 8.81. The molecule has 21 heavy (non-hydrogen) atoms. The predicted molar refractivity (Wildman–Crippen MR) is 82.9 cm³/mol. The highest BCUT2D eigenvalue weighted by atomic mass is 16.2. The van der Waals surface area contributed by atoms with E-state index < -0.39 is 0 Å². The van der Waals surface area contributed by atoms with Crippen LogP contribution in [0.2, 0.25) is 0 Å². The fraction of sp³-hybridized carbons (Fsp3) is 0.333. The van der Waals surface area contributed by atoms with Crippen LogP contribution in [0.4, 0.5) is 5.69 Å². The quantitative estimate of drug-likeness (QED) is 0.650. The van der Waals surface area contributed by atoms with E-state index in [0.29, 0.717) is 12.2 Å². The Morgan fingerprint density at radius 1 is 1.29 bits per heavy atom. The van der Waals surface area contributed by atoms with Gasteiger partial charge in [-0.2, -0.15) is 0 Å². The van der Waals surface area contributed by atoms with Crippen LogP contribution in [0.15, 0.2) is 35.1 Å². The van der Waals surface area contributed by atoms with Gasteiger partial charge in [0.2, 0.25) is 5.91 Å². The number of nitrogens with two attached hydrogens (primary N) is 1. The highest BCUT2D eigenvalue weighted by molar-refractivity contribution is 5.92. The molecular formula is C15H20N4O2. The van der Waals surface area contributed by atoms with Crippen molar-refractivity contribution in [3.8, 4) is 11.3 Å². The lowest BCUT2D eigenvalue weighted by molar-refractivity contribution is -0.119. The van der Waals surface area contributed by atoms with Crippen molar-refractivity contribution in [2.45, 2.75) is 19.8 Å². The standard InChI is InChI=1S/C15H20N4O2/c1-10(3-2-8-16)15(21)17-12-6-4-11(5-7-12)13-9-14(20)19-18-13/h4-7,9-10H,2-3,8,16H2,1H3,(H,17,21)(H2,18,19,20). The van der Waals surface area contributed by atoms with E-state index in [0.717, 1.165) is 24.1 Å². The lowest BCUT2D eigenvalue weighted by atomic mass is 10.0. The Balaban J connectivity index is 1.99. The Bertz CT molecular complexity index is 642. The summed E-state index contributed by atoms with van der Waals surface area (Å²) in [7, 11) is 0. The fourth-order valence-electron chi connectivity index (χ4n) is 2.04. The first-order valence-corrected chi connectivity index (χ1v) is 6.99. The van der Waals surface area contributed by atoms with Gasteiger partial charge in [-0.3, -0.25) is 19.8 Å². The minimum absolute atomic E-state index is 0.00810. The zero-order valence-corrected chi connectivity index (χ0v) is 12.0. The van der Waals surface area contributed by atoms with Crippen LogP contribution in [0.5, 0.6) is 0 Å². The van der Waals surface area contributed by atoms with E-state index in [4.69, 9.17) is 5.73 Å². The molecule has 0 spiro atoms. The van der Waals surface area contributed by atoms with Gasteiger partial charge < -0.3 is 11.1 Å². The van der Waals surface area contributed by atoms with E-state index in [2.05, 4.69) is 15.5 Å². The molecular weight excluding hydrogens is 268 g/mol. The number of anilines is 1. The SMILES string of the molecule is CC(CCCN)C(=O)Nc1ccc(-c2cc(=O)[nH][nH]2)cc1. The van der Waals surface area contributed by atoms with Crippen molar-refractivity contribution in [2.75, 3.05) is 11.9 Å². The van der Waals surface area contributed by atoms with Gasteiger partial charge in [-0.25, -0.2) is 0 Å². The molecule has 1 aromatic heterocycles. The second-order valence-electron chi connectivity index (χ2n) is 5.07. The number of nitrogens with one attached hydrogen (secondary N) is 3. The highest BCUT2D eigenvalue weighted by Gasteiger charge is 2.12.